The van der Waals surface area contributed by atoms with Crippen molar-refractivity contribution in [1.29, 1.82) is 0 Å². The molecule has 23 rings (SSSR count). The van der Waals surface area contributed by atoms with Gasteiger partial charge in [-0.2, -0.15) is 0 Å². The first-order chi connectivity index (χ1) is 54.7. The summed E-state index contributed by atoms with van der Waals surface area (Å²) in [4.78, 5) is 5.46. The molecule has 0 aliphatic carbocycles. The molecule has 0 saturated heterocycles. The number of aromatic nitrogens is 2. The molecule has 0 spiro atoms. The fraction of sp³-hybridized carbons (Fsp3) is 0.0377. The van der Waals surface area contributed by atoms with Gasteiger partial charge in [-0.25, -0.2) is 0 Å². The molecule has 0 unspecified atom stereocenters. The third-order valence-electron chi connectivity index (χ3n) is 24.3. The molecule has 5 heteroatoms. The molecule has 0 saturated carbocycles. The summed E-state index contributed by atoms with van der Waals surface area (Å²) in [5.41, 5.74) is 37.2. The Labute approximate surface area is 644 Å². The Hall–Kier alpha value is -14.0. The van der Waals surface area contributed by atoms with Crippen molar-refractivity contribution in [2.45, 2.75) is 26.2 Å². The molecular weight excluding hydrogens is 1340 g/mol. The second-order valence-electron chi connectivity index (χ2n) is 31.4. The summed E-state index contributed by atoms with van der Waals surface area (Å²) in [7, 11) is 0. The lowest BCUT2D eigenvalue weighted by Crippen LogP contribution is -2.61. The maximum atomic E-state index is 2.73. The molecule has 6 heterocycles. The Bertz CT molecular complexity index is 6790. The second-order valence-corrected chi connectivity index (χ2v) is 31.4. The SMILES string of the molecule is CC(C)(C)c1cc2c3c(c1)N(c1c(-c4ccccc4)cc(-c4ccccc4)cc1-c1ccccc1)c1cc(-c4ccc5c(c4)c4cccc6c7ccccc7n5c64)ccc1B3c1ccc(-c3ccc4c(c3)c3cccc5c6ccccc6n4c53)cc1N2c1c(-c2ccccc2)cc(-c2ccccc2)cc1-c1ccccc1. The summed E-state index contributed by atoms with van der Waals surface area (Å²) in [5.74, 6) is 0. The van der Waals surface area contributed by atoms with Gasteiger partial charge in [0.15, 0.2) is 0 Å². The van der Waals surface area contributed by atoms with Crippen LogP contribution >= 0.6 is 0 Å². The van der Waals surface area contributed by atoms with E-state index in [0.29, 0.717) is 0 Å². The van der Waals surface area contributed by atoms with Crippen LogP contribution in [0.2, 0.25) is 0 Å². The van der Waals surface area contributed by atoms with Gasteiger partial charge >= 0.3 is 0 Å². The molecule has 17 aromatic carbocycles. The summed E-state index contributed by atoms with van der Waals surface area (Å²) in [6, 6.07) is 143. The van der Waals surface area contributed by atoms with Crippen molar-refractivity contribution >= 4 is 133 Å². The molecule has 0 radical (unpaired) electrons. The van der Waals surface area contributed by atoms with Crippen LogP contribution in [0.25, 0.3) is 165 Å². The summed E-state index contributed by atoms with van der Waals surface area (Å²) < 4.78 is 4.99. The van der Waals surface area contributed by atoms with Crippen molar-refractivity contribution in [1.82, 2.24) is 8.80 Å². The van der Waals surface area contributed by atoms with Crippen molar-refractivity contribution in [3.63, 3.8) is 0 Å². The summed E-state index contributed by atoms with van der Waals surface area (Å²) in [5, 5.41) is 10.1. The average Bonchev–Trinajstić information content (AvgIpc) is 1.48. The highest BCUT2D eigenvalue weighted by molar-refractivity contribution is 7.00. The van der Waals surface area contributed by atoms with E-state index in [1.807, 2.05) is 0 Å². The van der Waals surface area contributed by atoms with Gasteiger partial charge in [0, 0.05) is 88.1 Å². The van der Waals surface area contributed by atoms with Crippen LogP contribution < -0.4 is 26.2 Å². The highest BCUT2D eigenvalue weighted by Gasteiger charge is 2.46. The van der Waals surface area contributed by atoms with E-state index in [4.69, 9.17) is 0 Å². The van der Waals surface area contributed by atoms with Crippen LogP contribution in [-0.4, -0.2) is 15.5 Å². The molecule has 21 aromatic rings. The van der Waals surface area contributed by atoms with Crippen LogP contribution in [0.4, 0.5) is 34.1 Å². The normalized spacial score (nSPS) is 12.8. The molecule has 0 fully saturated rings. The number of benzene rings is 17. The number of anilines is 6. The number of nitrogens with zero attached hydrogens (tertiary/aromatic N) is 4. The van der Waals surface area contributed by atoms with Gasteiger partial charge in [0.1, 0.15) is 0 Å². The summed E-state index contributed by atoms with van der Waals surface area (Å²) in [6.45, 7) is 6.96. The van der Waals surface area contributed by atoms with Crippen molar-refractivity contribution in [2.75, 3.05) is 9.80 Å². The van der Waals surface area contributed by atoms with Crippen LogP contribution in [0, 0.1) is 0 Å². The lowest BCUT2D eigenvalue weighted by Gasteiger charge is -2.46. The van der Waals surface area contributed by atoms with Gasteiger partial charge in [-0.05, 0) is 179 Å². The van der Waals surface area contributed by atoms with Crippen molar-refractivity contribution in [3.8, 4) is 89.0 Å². The monoisotopic (exact) mass is 1410 g/mol. The predicted octanol–water partition coefficient (Wildman–Crippen LogP) is 26.7. The molecule has 4 nitrogen and oxygen atoms in total. The summed E-state index contributed by atoms with van der Waals surface area (Å²) >= 11 is 0. The van der Waals surface area contributed by atoms with E-state index < -0.39 is 0 Å². The van der Waals surface area contributed by atoms with Gasteiger partial charge in [-0.3, -0.25) is 0 Å². The van der Waals surface area contributed by atoms with Gasteiger partial charge in [-0.15, -0.1) is 0 Å². The molecule has 518 valence electrons. The Kier molecular flexibility index (Phi) is 13.8. The lowest BCUT2D eigenvalue weighted by atomic mass is 9.33. The molecule has 0 atom stereocenters. The van der Waals surface area contributed by atoms with Crippen LogP contribution in [-0.2, 0) is 5.41 Å². The van der Waals surface area contributed by atoms with E-state index in [1.54, 1.807) is 0 Å². The Morgan fingerprint density at radius 3 is 0.874 bits per heavy atom. The minimum Gasteiger partial charge on any atom is -0.310 e. The maximum absolute atomic E-state index is 2.73. The van der Waals surface area contributed by atoms with Crippen LogP contribution in [0.5, 0.6) is 0 Å². The quantitative estimate of drug-likeness (QED) is 0.127. The van der Waals surface area contributed by atoms with Crippen molar-refractivity contribution in [2.24, 2.45) is 0 Å². The molecule has 0 N–H and O–H groups in total. The fourth-order valence-electron chi connectivity index (χ4n) is 19.2. The average molecular weight is 1410 g/mol. The van der Waals surface area contributed by atoms with Gasteiger partial charge < -0.3 is 18.6 Å². The number of para-hydroxylation sites is 4. The molecule has 2 aliphatic rings. The Balaban J connectivity index is 0.855. The van der Waals surface area contributed by atoms with E-state index in [2.05, 4.69) is 415 Å². The smallest absolute Gasteiger partial charge is 0.252 e. The minimum absolute atomic E-state index is 0.244. The molecular formula is C106H71BN4. The van der Waals surface area contributed by atoms with E-state index in [-0.39, 0.29) is 12.1 Å². The van der Waals surface area contributed by atoms with Gasteiger partial charge in [0.25, 0.3) is 6.71 Å². The molecule has 0 amide bonds. The summed E-state index contributed by atoms with van der Waals surface area (Å²) in [6.07, 6.45) is 0. The highest BCUT2D eigenvalue weighted by Crippen LogP contribution is 2.56. The minimum atomic E-state index is -0.346. The van der Waals surface area contributed by atoms with Crippen LogP contribution in [0.15, 0.2) is 376 Å². The highest BCUT2D eigenvalue weighted by atomic mass is 15.2. The number of hydrogen-bond donors (Lipinski definition) is 0. The van der Waals surface area contributed by atoms with Gasteiger partial charge in [-0.1, -0.05) is 312 Å². The number of hydrogen-bond acceptors (Lipinski definition) is 2. The second kappa shape index (κ2) is 24.3. The van der Waals surface area contributed by atoms with Gasteiger partial charge in [0.2, 0.25) is 0 Å². The zero-order valence-corrected chi connectivity index (χ0v) is 61.7. The molecule has 0 bridgehead atoms. The molecule has 2 aliphatic heterocycles. The Morgan fingerprint density at radius 2 is 0.514 bits per heavy atom. The van der Waals surface area contributed by atoms with E-state index in [0.717, 1.165) is 123 Å². The fourth-order valence-corrected chi connectivity index (χ4v) is 19.2. The predicted molar refractivity (Wildman–Crippen MR) is 472 cm³/mol. The van der Waals surface area contributed by atoms with Crippen LogP contribution in [0.1, 0.15) is 26.3 Å². The zero-order chi connectivity index (χ0) is 73.3. The van der Waals surface area contributed by atoms with Crippen LogP contribution in [0.3, 0.4) is 0 Å². The first-order valence-electron chi connectivity index (χ1n) is 38.8. The standard InChI is InChI=1S/C106H71BN4/c1-106(2,3)78-64-99-101-100(65-78)111(105-87(70-36-18-8-19-37-70)60-77(67-30-12-5-13-31-67)61-88(105)71-38-20-9-21-39-71)98-63-75(73-51-55-96-90(57-73)84-45-27-43-82-80-41-23-25-47-94(80)109(96)103(82)84)49-53-92(98)107(101)91-52-48-74(72-50-54-95-89(56-72)83-44-26-42-81-79-40-22-24-46-93(79)108(95)102(81)83)62-97(91)110(99)104-85(68-32-14-6-15-33-68)58-76(66-28-10-4-11-29-66)59-86(104)69-34-16-7-17-35-69/h4-65H,1-3H3. The largest absolute Gasteiger partial charge is 0.310 e. The maximum Gasteiger partial charge on any atom is 0.252 e. The Morgan fingerprint density at radius 1 is 0.216 bits per heavy atom. The third-order valence-corrected chi connectivity index (χ3v) is 24.3. The van der Waals surface area contributed by atoms with Crippen molar-refractivity contribution < 1.29 is 0 Å². The molecule has 111 heavy (non-hydrogen) atoms. The number of rotatable bonds is 10. The number of fused-ring (bicyclic) bond motifs is 16. The van der Waals surface area contributed by atoms with E-state index in [9.17, 15) is 0 Å². The van der Waals surface area contributed by atoms with E-state index >= 15 is 0 Å². The molecule has 4 aromatic heterocycles. The van der Waals surface area contributed by atoms with Crippen molar-refractivity contribution in [3.05, 3.63) is 382 Å². The first-order valence-corrected chi connectivity index (χ1v) is 38.8. The lowest BCUT2D eigenvalue weighted by molar-refractivity contribution is 0.590. The first kappa shape index (κ1) is 63.1. The zero-order valence-electron chi connectivity index (χ0n) is 61.7. The van der Waals surface area contributed by atoms with Gasteiger partial charge in [0.05, 0.1) is 44.5 Å². The van der Waals surface area contributed by atoms with E-state index in [1.165, 1.54) is 98.1 Å². The third kappa shape index (κ3) is 9.55. The topological polar surface area (TPSA) is 15.3 Å².